The highest BCUT2D eigenvalue weighted by Crippen LogP contribution is 2.42. The van der Waals surface area contributed by atoms with E-state index < -0.39 is 17.7 Å². The van der Waals surface area contributed by atoms with Gasteiger partial charge in [0.25, 0.3) is 5.78 Å². The van der Waals surface area contributed by atoms with Crippen molar-refractivity contribution in [3.05, 3.63) is 75.8 Å². The molecule has 0 radical (unpaired) electrons. The first kappa shape index (κ1) is 20.7. The first-order valence-corrected chi connectivity index (χ1v) is 10.2. The molecule has 1 fully saturated rings. The SMILES string of the molecule is Cc1cc(N2C(=O)C(=O)/C(=C(/O)c3c(C)c[nH]c3C)C2c2ccc(C(C)C)cc2)no1. The van der Waals surface area contributed by atoms with Crippen LogP contribution >= 0.6 is 0 Å². The van der Waals surface area contributed by atoms with Crippen molar-refractivity contribution in [2.75, 3.05) is 4.90 Å². The highest BCUT2D eigenvalue weighted by atomic mass is 16.5. The number of nitrogens with one attached hydrogen (secondary N) is 1. The zero-order valence-electron chi connectivity index (χ0n) is 18.2. The Bertz CT molecular complexity index is 1180. The molecule has 0 aliphatic carbocycles. The first-order valence-electron chi connectivity index (χ1n) is 10.2. The van der Waals surface area contributed by atoms with E-state index in [1.54, 1.807) is 19.2 Å². The summed E-state index contributed by atoms with van der Waals surface area (Å²) in [6.45, 7) is 9.55. The number of hydrogen-bond acceptors (Lipinski definition) is 5. The molecule has 1 aliphatic rings. The zero-order chi connectivity index (χ0) is 22.4. The van der Waals surface area contributed by atoms with E-state index in [4.69, 9.17) is 4.52 Å². The van der Waals surface area contributed by atoms with Crippen LogP contribution in [0.1, 0.15) is 59.5 Å². The van der Waals surface area contributed by atoms with Gasteiger partial charge in [-0.15, -0.1) is 0 Å². The Morgan fingerprint density at radius 1 is 1.16 bits per heavy atom. The molecule has 0 saturated carbocycles. The lowest BCUT2D eigenvalue weighted by Gasteiger charge is -2.23. The highest BCUT2D eigenvalue weighted by Gasteiger charge is 2.48. The van der Waals surface area contributed by atoms with Gasteiger partial charge in [-0.3, -0.25) is 14.5 Å². The molecule has 1 atom stereocenters. The molecule has 7 nitrogen and oxygen atoms in total. The molecule has 160 valence electrons. The fourth-order valence-corrected chi connectivity index (χ4v) is 4.07. The summed E-state index contributed by atoms with van der Waals surface area (Å²) in [5.74, 6) is -0.615. The van der Waals surface area contributed by atoms with Crippen LogP contribution in [-0.4, -0.2) is 26.9 Å². The number of carbonyl (C=O) groups excluding carboxylic acids is 2. The molecule has 0 bridgehead atoms. The van der Waals surface area contributed by atoms with Crippen molar-refractivity contribution in [2.24, 2.45) is 0 Å². The smallest absolute Gasteiger partial charge is 0.301 e. The average molecular weight is 419 g/mol. The Morgan fingerprint density at radius 3 is 2.35 bits per heavy atom. The average Bonchev–Trinajstić information content (AvgIpc) is 3.38. The summed E-state index contributed by atoms with van der Waals surface area (Å²) in [6.07, 6.45) is 1.76. The number of anilines is 1. The van der Waals surface area contributed by atoms with E-state index in [9.17, 15) is 14.7 Å². The van der Waals surface area contributed by atoms with Crippen molar-refractivity contribution >= 4 is 23.3 Å². The Morgan fingerprint density at radius 2 is 1.84 bits per heavy atom. The molecular weight excluding hydrogens is 394 g/mol. The second kappa shape index (κ2) is 7.58. The number of aliphatic hydroxyl groups is 1. The number of hydrogen-bond donors (Lipinski definition) is 2. The van der Waals surface area contributed by atoms with Crippen LogP contribution in [0.4, 0.5) is 5.82 Å². The van der Waals surface area contributed by atoms with Crippen LogP contribution in [-0.2, 0) is 9.59 Å². The van der Waals surface area contributed by atoms with E-state index in [1.165, 1.54) is 4.90 Å². The van der Waals surface area contributed by atoms with E-state index >= 15 is 0 Å². The van der Waals surface area contributed by atoms with E-state index in [1.807, 2.05) is 38.1 Å². The number of rotatable bonds is 4. The molecule has 2 aromatic heterocycles. The molecule has 3 heterocycles. The van der Waals surface area contributed by atoms with E-state index in [-0.39, 0.29) is 17.2 Å². The highest BCUT2D eigenvalue weighted by molar-refractivity contribution is 6.51. The number of nitrogens with zero attached hydrogens (tertiary/aromatic N) is 2. The number of aryl methyl sites for hydroxylation is 3. The zero-order valence-corrected chi connectivity index (χ0v) is 18.2. The molecule has 1 saturated heterocycles. The molecular formula is C24H25N3O4. The van der Waals surface area contributed by atoms with Crippen molar-refractivity contribution in [1.82, 2.24) is 10.1 Å². The number of aliphatic hydroxyl groups excluding tert-OH is 1. The van der Waals surface area contributed by atoms with Gasteiger partial charge < -0.3 is 14.6 Å². The summed E-state index contributed by atoms with van der Waals surface area (Å²) in [6, 6.07) is 8.50. The summed E-state index contributed by atoms with van der Waals surface area (Å²) < 4.78 is 5.16. The second-order valence-corrected chi connectivity index (χ2v) is 8.26. The number of aromatic nitrogens is 2. The molecule has 1 unspecified atom stereocenters. The molecule has 1 aromatic carbocycles. The number of benzene rings is 1. The fraction of sp³-hybridized carbons (Fsp3) is 0.292. The van der Waals surface area contributed by atoms with E-state index in [0.717, 1.165) is 11.1 Å². The minimum Gasteiger partial charge on any atom is -0.507 e. The van der Waals surface area contributed by atoms with Crippen molar-refractivity contribution in [3.8, 4) is 0 Å². The number of H-pyrrole nitrogens is 1. The van der Waals surface area contributed by atoms with Crippen molar-refractivity contribution < 1.29 is 19.2 Å². The topological polar surface area (TPSA) is 99.4 Å². The molecule has 7 heteroatoms. The molecule has 4 rings (SSSR count). The Kier molecular flexibility index (Phi) is 5.05. The van der Waals surface area contributed by atoms with Gasteiger partial charge in [-0.05, 0) is 43.4 Å². The van der Waals surface area contributed by atoms with Crippen LogP contribution in [0.2, 0.25) is 0 Å². The Hall–Kier alpha value is -3.61. The number of carbonyl (C=O) groups is 2. The number of aromatic amines is 1. The number of ketones is 1. The van der Waals surface area contributed by atoms with Gasteiger partial charge in [0.2, 0.25) is 0 Å². The maximum absolute atomic E-state index is 13.1. The van der Waals surface area contributed by atoms with Crippen LogP contribution in [0, 0.1) is 20.8 Å². The normalized spacial score (nSPS) is 18.4. The van der Waals surface area contributed by atoms with Gasteiger partial charge >= 0.3 is 5.91 Å². The lowest BCUT2D eigenvalue weighted by molar-refractivity contribution is -0.132. The van der Waals surface area contributed by atoms with Gasteiger partial charge in [0.1, 0.15) is 11.5 Å². The Labute approximate surface area is 180 Å². The number of amides is 1. The van der Waals surface area contributed by atoms with E-state index in [2.05, 4.69) is 24.0 Å². The lowest BCUT2D eigenvalue weighted by atomic mass is 9.92. The minimum absolute atomic E-state index is 0.0359. The molecule has 3 aromatic rings. The minimum atomic E-state index is -0.820. The molecule has 1 aliphatic heterocycles. The summed E-state index contributed by atoms with van der Waals surface area (Å²) in [5, 5.41) is 15.2. The molecule has 0 spiro atoms. The monoisotopic (exact) mass is 419 g/mol. The maximum Gasteiger partial charge on any atom is 0.301 e. The predicted molar refractivity (Wildman–Crippen MR) is 117 cm³/mol. The van der Waals surface area contributed by atoms with Crippen LogP contribution in [0.5, 0.6) is 0 Å². The van der Waals surface area contributed by atoms with Crippen LogP contribution in [0.15, 0.2) is 46.6 Å². The van der Waals surface area contributed by atoms with Gasteiger partial charge in [-0.25, -0.2) is 0 Å². The molecule has 2 N–H and O–H groups in total. The largest absolute Gasteiger partial charge is 0.507 e. The predicted octanol–water partition coefficient (Wildman–Crippen LogP) is 4.68. The van der Waals surface area contributed by atoms with Crippen LogP contribution in [0.25, 0.3) is 5.76 Å². The summed E-state index contributed by atoms with van der Waals surface area (Å²) >= 11 is 0. The Balaban J connectivity index is 1.95. The summed E-state index contributed by atoms with van der Waals surface area (Å²) in [4.78, 5) is 30.6. The molecule has 31 heavy (non-hydrogen) atoms. The van der Waals surface area contributed by atoms with Crippen LogP contribution < -0.4 is 4.90 Å². The second-order valence-electron chi connectivity index (χ2n) is 8.26. The third kappa shape index (κ3) is 3.36. The van der Waals surface area contributed by atoms with Gasteiger partial charge in [0.15, 0.2) is 5.82 Å². The van der Waals surface area contributed by atoms with Crippen molar-refractivity contribution in [1.29, 1.82) is 0 Å². The van der Waals surface area contributed by atoms with Gasteiger partial charge in [-0.1, -0.05) is 43.3 Å². The summed E-state index contributed by atoms with van der Waals surface area (Å²) in [7, 11) is 0. The van der Waals surface area contributed by atoms with E-state index in [0.29, 0.717) is 28.5 Å². The first-order chi connectivity index (χ1) is 14.7. The standard InChI is InChI=1S/C24H25N3O4/c1-12(2)16-6-8-17(9-7-16)21-20(22(28)19-13(3)11-25-15(19)5)23(29)24(30)27(21)18-10-14(4)31-26-18/h6-12,21,25,28H,1-5H3/b22-20+. The third-order valence-electron chi connectivity index (χ3n) is 5.74. The fourth-order valence-electron chi connectivity index (χ4n) is 4.07. The van der Waals surface area contributed by atoms with Gasteiger partial charge in [0.05, 0.1) is 11.6 Å². The third-order valence-corrected chi connectivity index (χ3v) is 5.74. The van der Waals surface area contributed by atoms with Crippen molar-refractivity contribution in [2.45, 2.75) is 46.6 Å². The number of Topliss-reactive ketones (excluding diaryl/α,β-unsaturated/α-hetero) is 1. The molecule has 1 amide bonds. The van der Waals surface area contributed by atoms with Gasteiger partial charge in [-0.2, -0.15) is 0 Å². The quantitative estimate of drug-likeness (QED) is 0.363. The van der Waals surface area contributed by atoms with Gasteiger partial charge in [0, 0.05) is 23.5 Å². The lowest BCUT2D eigenvalue weighted by Crippen LogP contribution is -2.29. The summed E-state index contributed by atoms with van der Waals surface area (Å²) in [5.41, 5.74) is 3.90. The van der Waals surface area contributed by atoms with Crippen molar-refractivity contribution in [3.63, 3.8) is 0 Å². The maximum atomic E-state index is 13.1. The van der Waals surface area contributed by atoms with Crippen LogP contribution in [0.3, 0.4) is 0 Å².